The minimum absolute atomic E-state index is 0.272. The first-order chi connectivity index (χ1) is 8.97. The Balaban J connectivity index is 2.01. The molecule has 0 saturated carbocycles. The highest BCUT2D eigenvalue weighted by Gasteiger charge is 2.53. The second-order valence-corrected chi connectivity index (χ2v) is 6.57. The van der Waals surface area contributed by atoms with Crippen molar-refractivity contribution in [1.29, 1.82) is 0 Å². The molecule has 2 fully saturated rings. The van der Waals surface area contributed by atoms with E-state index in [0.717, 1.165) is 6.54 Å². The molecule has 5 heteroatoms. The Labute approximate surface area is 122 Å². The number of likely N-dealkylation sites (tertiary alicyclic amines) is 1. The third kappa shape index (κ3) is 3.54. The second kappa shape index (κ2) is 6.17. The lowest BCUT2D eigenvalue weighted by molar-refractivity contribution is -0.0366. The molecule has 0 aromatic heterocycles. The molecule has 0 N–H and O–H groups in total. The van der Waals surface area contributed by atoms with E-state index in [9.17, 15) is 0 Å². The van der Waals surface area contributed by atoms with Crippen LogP contribution in [0.2, 0.25) is 0 Å². The Kier molecular flexibility index (Phi) is 4.99. The Morgan fingerprint density at radius 2 is 1.84 bits per heavy atom. The summed E-state index contributed by atoms with van der Waals surface area (Å²) in [4.78, 5) is 2.50. The largest absolute Gasteiger partial charge is 0.486 e. The summed E-state index contributed by atoms with van der Waals surface area (Å²) < 4.78 is 12.2. The topological polar surface area (TPSA) is 21.7 Å². The molecule has 2 rings (SSSR count). The molecular weight excluding hydrogens is 260 g/mol. The number of halogens is 1. The molecular formula is C14H25BClNO2. The first kappa shape index (κ1) is 15.4. The highest BCUT2D eigenvalue weighted by molar-refractivity contribution is 6.51. The van der Waals surface area contributed by atoms with Gasteiger partial charge in [0.1, 0.15) is 0 Å². The van der Waals surface area contributed by atoms with Gasteiger partial charge in [-0.3, -0.25) is 0 Å². The predicted molar refractivity (Wildman–Crippen MR) is 80.6 cm³/mol. The minimum atomic E-state index is -0.286. The monoisotopic (exact) mass is 285 g/mol. The lowest BCUT2D eigenvalue weighted by Crippen LogP contribution is -2.53. The molecule has 2 heterocycles. The second-order valence-electron chi connectivity index (χ2n) is 6.26. The van der Waals surface area contributed by atoms with E-state index < -0.39 is 0 Å². The van der Waals surface area contributed by atoms with Crippen LogP contribution in [0, 0.1) is 0 Å². The number of hydrogen-bond acceptors (Lipinski definition) is 3. The van der Waals surface area contributed by atoms with Crippen LogP contribution in [0.25, 0.3) is 0 Å². The molecule has 1 unspecified atom stereocenters. The molecule has 19 heavy (non-hydrogen) atoms. The maximum atomic E-state index is 6.16. The van der Waals surface area contributed by atoms with Crippen molar-refractivity contribution >= 4 is 18.7 Å². The summed E-state index contributed by atoms with van der Waals surface area (Å²) in [6.07, 6.45) is 5.84. The first-order valence-electron chi connectivity index (χ1n) is 7.27. The van der Waals surface area contributed by atoms with Crippen molar-refractivity contribution in [2.75, 3.05) is 25.5 Å². The number of alkyl halides is 1. The van der Waals surface area contributed by atoms with Gasteiger partial charge in [0.2, 0.25) is 0 Å². The van der Waals surface area contributed by atoms with Crippen molar-refractivity contribution < 1.29 is 9.31 Å². The zero-order chi connectivity index (χ0) is 13.9. The highest BCUT2D eigenvalue weighted by atomic mass is 35.5. The van der Waals surface area contributed by atoms with Crippen molar-refractivity contribution in [3.8, 4) is 0 Å². The van der Waals surface area contributed by atoms with Gasteiger partial charge in [0.15, 0.2) is 0 Å². The zero-order valence-electron chi connectivity index (χ0n) is 12.3. The van der Waals surface area contributed by atoms with E-state index in [1.807, 2.05) is 12.1 Å². The third-order valence-corrected chi connectivity index (χ3v) is 4.60. The predicted octanol–water partition coefficient (Wildman–Crippen LogP) is 2.88. The molecule has 2 aliphatic heterocycles. The Morgan fingerprint density at radius 1 is 1.16 bits per heavy atom. The van der Waals surface area contributed by atoms with E-state index in [4.69, 9.17) is 20.9 Å². The molecule has 0 aliphatic carbocycles. The lowest BCUT2D eigenvalue weighted by atomic mass is 9.87. The average Bonchev–Trinajstić information content (AvgIpc) is 2.58. The molecule has 108 valence electrons. The van der Waals surface area contributed by atoms with Gasteiger partial charge in [0.25, 0.3) is 0 Å². The number of rotatable bonds is 4. The fourth-order valence-electron chi connectivity index (χ4n) is 2.85. The molecule has 2 aliphatic rings. The minimum Gasteiger partial charge on any atom is -0.400 e. The Morgan fingerprint density at radius 3 is 2.47 bits per heavy atom. The molecule has 0 spiro atoms. The molecule has 1 atom stereocenters. The van der Waals surface area contributed by atoms with Crippen molar-refractivity contribution in [2.24, 2.45) is 0 Å². The Hall–Kier alpha value is -0.0251. The van der Waals surface area contributed by atoms with Gasteiger partial charge in [-0.25, -0.2) is 0 Å². The van der Waals surface area contributed by atoms with Gasteiger partial charge in [0.05, 0.1) is 11.2 Å². The molecule has 0 aromatic rings. The van der Waals surface area contributed by atoms with Crippen LogP contribution in [0.1, 0.15) is 40.0 Å². The molecule has 0 aromatic carbocycles. The van der Waals surface area contributed by atoms with Crippen LogP contribution >= 0.6 is 11.6 Å². The van der Waals surface area contributed by atoms with Crippen LogP contribution in [-0.2, 0) is 9.31 Å². The summed E-state index contributed by atoms with van der Waals surface area (Å²) in [7, 11) is -0.274. The smallest absolute Gasteiger partial charge is 0.400 e. The number of piperidine rings is 1. The molecule has 0 radical (unpaired) electrons. The highest BCUT2D eigenvalue weighted by Crippen LogP contribution is 2.38. The summed E-state index contributed by atoms with van der Waals surface area (Å²) in [6, 6.07) is 0. The van der Waals surface area contributed by atoms with Gasteiger partial charge in [-0.1, -0.05) is 18.5 Å². The molecule has 3 nitrogen and oxygen atoms in total. The third-order valence-electron chi connectivity index (χ3n) is 4.42. The fourth-order valence-corrected chi connectivity index (χ4v) is 2.95. The van der Waals surface area contributed by atoms with Gasteiger partial charge in [-0.05, 0) is 46.7 Å². The standard InChI is InChI=1S/C14H25BClNO2/c1-13(2)14(3,12-17-10-5-4-6-11-17)19-15(18-13)8-7-9-16/h7-8H,4-6,9-12H2,1-3H3/b8-7+. The summed E-state index contributed by atoms with van der Waals surface area (Å²) >= 11 is 5.67. The van der Waals surface area contributed by atoms with E-state index in [0.29, 0.717) is 5.88 Å². The van der Waals surface area contributed by atoms with Crippen LogP contribution in [0.5, 0.6) is 0 Å². The van der Waals surface area contributed by atoms with Gasteiger partial charge >= 0.3 is 7.12 Å². The van der Waals surface area contributed by atoms with Gasteiger partial charge < -0.3 is 14.2 Å². The Bertz CT molecular complexity index is 331. The number of allylic oxidation sites excluding steroid dienone is 1. The number of nitrogens with zero attached hydrogens (tertiary/aromatic N) is 1. The maximum absolute atomic E-state index is 6.16. The summed E-state index contributed by atoms with van der Waals surface area (Å²) in [5.41, 5.74) is -0.558. The molecule has 2 saturated heterocycles. The van der Waals surface area contributed by atoms with Crippen LogP contribution in [0.15, 0.2) is 12.1 Å². The zero-order valence-corrected chi connectivity index (χ0v) is 13.1. The van der Waals surface area contributed by atoms with Crippen LogP contribution < -0.4 is 0 Å². The fraction of sp³-hybridized carbons (Fsp3) is 0.857. The first-order valence-corrected chi connectivity index (χ1v) is 7.81. The van der Waals surface area contributed by atoms with Crippen molar-refractivity contribution in [1.82, 2.24) is 4.90 Å². The molecule has 0 bridgehead atoms. The summed E-state index contributed by atoms with van der Waals surface area (Å²) in [5.74, 6) is 2.41. The van der Waals surface area contributed by atoms with Crippen molar-refractivity contribution in [3.63, 3.8) is 0 Å². The molecule has 0 amide bonds. The van der Waals surface area contributed by atoms with E-state index >= 15 is 0 Å². The van der Waals surface area contributed by atoms with Crippen LogP contribution in [0.3, 0.4) is 0 Å². The van der Waals surface area contributed by atoms with E-state index in [1.54, 1.807) is 0 Å². The van der Waals surface area contributed by atoms with Gasteiger partial charge in [-0.2, -0.15) is 0 Å². The average molecular weight is 286 g/mol. The van der Waals surface area contributed by atoms with E-state index in [1.165, 1.54) is 32.4 Å². The maximum Gasteiger partial charge on any atom is 0.486 e. The van der Waals surface area contributed by atoms with Crippen molar-refractivity contribution in [3.05, 3.63) is 12.1 Å². The van der Waals surface area contributed by atoms with Crippen molar-refractivity contribution in [2.45, 2.75) is 51.2 Å². The quantitative estimate of drug-likeness (QED) is 0.586. The summed E-state index contributed by atoms with van der Waals surface area (Å²) in [5, 5.41) is 0. The van der Waals surface area contributed by atoms with E-state index in [-0.39, 0.29) is 18.3 Å². The van der Waals surface area contributed by atoms with E-state index in [2.05, 4.69) is 25.7 Å². The summed E-state index contributed by atoms with van der Waals surface area (Å²) in [6.45, 7) is 9.69. The number of hydrogen-bond donors (Lipinski definition) is 0. The van der Waals surface area contributed by atoms with Gasteiger partial charge in [0, 0.05) is 12.4 Å². The normalized spacial score (nSPS) is 32.3. The lowest BCUT2D eigenvalue weighted by Gasteiger charge is -2.41. The van der Waals surface area contributed by atoms with Gasteiger partial charge in [-0.15, -0.1) is 11.6 Å². The van der Waals surface area contributed by atoms with Crippen LogP contribution in [0.4, 0.5) is 0 Å². The van der Waals surface area contributed by atoms with Crippen LogP contribution in [-0.4, -0.2) is 48.7 Å². The SMILES string of the molecule is CC1(C)OB(/C=C/CCl)OC1(C)CN1CCCCC1.